The molecule has 3 rings (SSSR count). The van der Waals surface area contributed by atoms with Crippen LogP contribution in [0.15, 0.2) is 48.5 Å². The highest BCUT2D eigenvalue weighted by Crippen LogP contribution is 2.27. The molecule has 1 N–H and O–H groups in total. The summed E-state index contributed by atoms with van der Waals surface area (Å²) in [4.78, 5) is 36.2. The molecule has 7 heteroatoms. The third-order valence-electron chi connectivity index (χ3n) is 4.15. The Morgan fingerprint density at radius 1 is 1.12 bits per heavy atom. The number of nitrogens with one attached hydrogen (secondary N) is 1. The second-order valence-corrected chi connectivity index (χ2v) is 5.73. The van der Waals surface area contributed by atoms with Gasteiger partial charge in [0.25, 0.3) is 11.6 Å². The first-order valence-electron chi connectivity index (χ1n) is 7.97. The maximum atomic E-state index is 12.3. The van der Waals surface area contributed by atoms with Crippen molar-refractivity contribution >= 4 is 23.2 Å². The number of hydrogen-bond acceptors (Lipinski definition) is 4. The van der Waals surface area contributed by atoms with Gasteiger partial charge < -0.3 is 10.2 Å². The minimum atomic E-state index is -0.520. The number of hydrogen-bond donors (Lipinski definition) is 1. The van der Waals surface area contributed by atoms with Crippen molar-refractivity contribution in [1.29, 1.82) is 0 Å². The lowest BCUT2D eigenvalue weighted by molar-refractivity contribution is -0.384. The number of benzene rings is 2. The Hall–Kier alpha value is -3.22. The van der Waals surface area contributed by atoms with Gasteiger partial charge in [-0.3, -0.25) is 19.7 Å². The first-order valence-corrected chi connectivity index (χ1v) is 7.97. The minimum absolute atomic E-state index is 0.0334. The average Bonchev–Trinajstić information content (AvgIpc) is 3.05. The van der Waals surface area contributed by atoms with Gasteiger partial charge in [-0.05, 0) is 30.2 Å². The van der Waals surface area contributed by atoms with E-state index in [-0.39, 0.29) is 30.5 Å². The monoisotopic (exact) mass is 339 g/mol. The van der Waals surface area contributed by atoms with E-state index in [1.165, 1.54) is 24.3 Å². The van der Waals surface area contributed by atoms with Gasteiger partial charge in [-0.1, -0.05) is 18.2 Å². The number of nitrogens with zero attached hydrogens (tertiary/aromatic N) is 2. The molecule has 0 saturated carbocycles. The van der Waals surface area contributed by atoms with Crippen molar-refractivity contribution < 1.29 is 14.5 Å². The summed E-state index contributed by atoms with van der Waals surface area (Å²) in [6, 6.07) is 13.1. The van der Waals surface area contributed by atoms with E-state index in [0.717, 1.165) is 17.7 Å². The van der Waals surface area contributed by atoms with E-state index in [9.17, 15) is 19.7 Å². The summed E-state index contributed by atoms with van der Waals surface area (Å²) in [5, 5.41) is 13.3. The van der Waals surface area contributed by atoms with Crippen molar-refractivity contribution in [2.45, 2.75) is 12.8 Å². The molecule has 0 atom stereocenters. The van der Waals surface area contributed by atoms with Crippen LogP contribution in [0.25, 0.3) is 0 Å². The van der Waals surface area contributed by atoms with Gasteiger partial charge in [-0.15, -0.1) is 0 Å². The van der Waals surface area contributed by atoms with E-state index in [1.54, 1.807) is 4.90 Å². The number of nitro groups is 1. The van der Waals surface area contributed by atoms with Crippen LogP contribution in [0.3, 0.4) is 0 Å². The first-order chi connectivity index (χ1) is 12.1. The molecule has 0 radical (unpaired) electrons. The average molecular weight is 339 g/mol. The fourth-order valence-corrected chi connectivity index (χ4v) is 2.85. The van der Waals surface area contributed by atoms with E-state index >= 15 is 0 Å². The van der Waals surface area contributed by atoms with Gasteiger partial charge >= 0.3 is 0 Å². The lowest BCUT2D eigenvalue weighted by Crippen LogP contribution is -2.33. The fourth-order valence-electron chi connectivity index (χ4n) is 2.85. The number of fused-ring (bicyclic) bond motifs is 1. The van der Waals surface area contributed by atoms with E-state index in [0.29, 0.717) is 12.1 Å². The second-order valence-electron chi connectivity index (χ2n) is 5.73. The molecule has 0 saturated heterocycles. The zero-order valence-corrected chi connectivity index (χ0v) is 13.5. The molecule has 1 aliphatic rings. The highest BCUT2D eigenvalue weighted by Gasteiger charge is 2.23. The Balaban J connectivity index is 1.52. The molecule has 25 heavy (non-hydrogen) atoms. The van der Waals surface area contributed by atoms with Gasteiger partial charge in [0.05, 0.1) is 4.92 Å². The number of anilines is 1. The normalized spacial score (nSPS) is 12.6. The maximum absolute atomic E-state index is 12.3. The molecule has 7 nitrogen and oxygen atoms in total. The SMILES string of the molecule is O=C(NCCC(=O)N1CCc2ccccc21)c1ccc([N+](=O)[O-])cc1. The second kappa shape index (κ2) is 7.12. The fraction of sp³-hybridized carbons (Fsp3) is 0.222. The van der Waals surface area contributed by atoms with Gasteiger partial charge in [-0.25, -0.2) is 0 Å². The Kier molecular flexibility index (Phi) is 4.74. The van der Waals surface area contributed by atoms with Gasteiger partial charge in [0, 0.05) is 42.9 Å². The highest BCUT2D eigenvalue weighted by molar-refractivity contribution is 5.97. The van der Waals surface area contributed by atoms with Crippen molar-refractivity contribution in [3.63, 3.8) is 0 Å². The molecule has 2 aromatic carbocycles. The smallest absolute Gasteiger partial charge is 0.269 e. The van der Waals surface area contributed by atoms with Crippen LogP contribution >= 0.6 is 0 Å². The molecule has 1 aliphatic heterocycles. The number of carbonyl (C=O) groups excluding carboxylic acids is 2. The summed E-state index contributed by atoms with van der Waals surface area (Å²) < 4.78 is 0. The molecule has 2 aromatic rings. The third kappa shape index (κ3) is 3.65. The van der Waals surface area contributed by atoms with Crippen molar-refractivity contribution in [3.8, 4) is 0 Å². The number of rotatable bonds is 5. The minimum Gasteiger partial charge on any atom is -0.352 e. The molecule has 0 unspecified atom stereocenters. The molecule has 128 valence electrons. The topological polar surface area (TPSA) is 92.6 Å². The van der Waals surface area contributed by atoms with E-state index in [2.05, 4.69) is 5.32 Å². The van der Waals surface area contributed by atoms with Crippen LogP contribution in [-0.4, -0.2) is 29.8 Å². The zero-order valence-electron chi connectivity index (χ0n) is 13.5. The van der Waals surface area contributed by atoms with Crippen LogP contribution in [0, 0.1) is 10.1 Å². The van der Waals surface area contributed by atoms with Crippen molar-refractivity contribution in [2.24, 2.45) is 0 Å². The Morgan fingerprint density at radius 2 is 1.84 bits per heavy atom. The van der Waals surface area contributed by atoms with E-state index in [4.69, 9.17) is 0 Å². The molecule has 0 bridgehead atoms. The Morgan fingerprint density at radius 3 is 2.56 bits per heavy atom. The summed E-state index contributed by atoms with van der Waals surface area (Å²) in [5.41, 5.74) is 2.35. The molecular formula is C18H17N3O4. The van der Waals surface area contributed by atoms with E-state index < -0.39 is 4.92 Å². The zero-order chi connectivity index (χ0) is 17.8. The number of nitro benzene ring substituents is 1. The van der Waals surface area contributed by atoms with Gasteiger partial charge in [0.2, 0.25) is 5.91 Å². The number of para-hydroxylation sites is 1. The maximum Gasteiger partial charge on any atom is 0.269 e. The molecule has 0 fully saturated rings. The Bertz CT molecular complexity index is 817. The Labute approximate surface area is 144 Å². The number of carbonyl (C=O) groups is 2. The van der Waals surface area contributed by atoms with Crippen LogP contribution in [0.2, 0.25) is 0 Å². The van der Waals surface area contributed by atoms with Crippen LogP contribution in [0.1, 0.15) is 22.3 Å². The largest absolute Gasteiger partial charge is 0.352 e. The first kappa shape index (κ1) is 16.6. The van der Waals surface area contributed by atoms with E-state index in [1.807, 2.05) is 24.3 Å². The lowest BCUT2D eigenvalue weighted by atomic mass is 10.2. The number of non-ortho nitro benzene ring substituents is 1. The van der Waals surface area contributed by atoms with Gasteiger partial charge in [0.15, 0.2) is 0 Å². The standard InChI is InChI=1S/C18H17N3O4/c22-17(20-12-10-13-3-1-2-4-16(13)20)9-11-19-18(23)14-5-7-15(8-6-14)21(24)25/h1-8H,9-12H2,(H,19,23). The van der Waals surface area contributed by atoms with Crippen molar-refractivity contribution in [1.82, 2.24) is 5.32 Å². The summed E-state index contributed by atoms with van der Waals surface area (Å²) in [7, 11) is 0. The van der Waals surface area contributed by atoms with Crippen molar-refractivity contribution in [3.05, 3.63) is 69.8 Å². The molecular weight excluding hydrogens is 322 g/mol. The molecule has 1 heterocycles. The van der Waals surface area contributed by atoms with Crippen LogP contribution in [0.4, 0.5) is 11.4 Å². The summed E-state index contributed by atoms with van der Waals surface area (Å²) in [5.74, 6) is -0.390. The summed E-state index contributed by atoms with van der Waals surface area (Å²) in [6.45, 7) is 0.877. The van der Waals surface area contributed by atoms with Crippen molar-refractivity contribution in [2.75, 3.05) is 18.0 Å². The molecule has 2 amide bonds. The van der Waals surface area contributed by atoms with Crippen LogP contribution < -0.4 is 10.2 Å². The molecule has 0 aromatic heterocycles. The summed E-state index contributed by atoms with van der Waals surface area (Å²) in [6.07, 6.45) is 1.05. The van der Waals surface area contributed by atoms with Crippen LogP contribution in [-0.2, 0) is 11.2 Å². The molecule has 0 spiro atoms. The summed E-state index contributed by atoms with van der Waals surface area (Å²) >= 11 is 0. The van der Waals surface area contributed by atoms with Crippen LogP contribution in [0.5, 0.6) is 0 Å². The van der Waals surface area contributed by atoms with Gasteiger partial charge in [0.1, 0.15) is 0 Å². The molecule has 0 aliphatic carbocycles. The highest BCUT2D eigenvalue weighted by atomic mass is 16.6. The predicted octanol–water partition coefficient (Wildman–Crippen LogP) is 2.30. The van der Waals surface area contributed by atoms with Gasteiger partial charge in [-0.2, -0.15) is 0 Å². The predicted molar refractivity (Wildman–Crippen MR) is 92.5 cm³/mol. The third-order valence-corrected chi connectivity index (χ3v) is 4.15. The number of amides is 2. The quantitative estimate of drug-likeness (QED) is 0.668. The lowest BCUT2D eigenvalue weighted by Gasteiger charge is -2.17.